The summed E-state index contributed by atoms with van der Waals surface area (Å²) in [6.45, 7) is 6.10. The second-order valence-corrected chi connectivity index (χ2v) is 19.2. The number of benzene rings is 1. The molecule has 0 bridgehead atoms. The largest absolute Gasteiger partial charge is 0.396 e. The van der Waals surface area contributed by atoms with Gasteiger partial charge in [-0.1, -0.05) is 19.3 Å². The molecule has 3 aromatic rings. The molecule has 15 heteroatoms. The van der Waals surface area contributed by atoms with Gasteiger partial charge in [-0.15, -0.1) is 22.7 Å². The first kappa shape index (κ1) is 39.0. The van der Waals surface area contributed by atoms with Crippen LogP contribution in [0.3, 0.4) is 0 Å². The number of aliphatic hydroxyl groups excluding tert-OH is 1. The minimum Gasteiger partial charge on any atom is -0.396 e. The summed E-state index contributed by atoms with van der Waals surface area (Å²) in [7, 11) is 0. The van der Waals surface area contributed by atoms with E-state index in [1.165, 1.54) is 23.5 Å². The number of ether oxygens (including phenoxy) is 1. The predicted octanol–water partition coefficient (Wildman–Crippen LogP) is 6.30. The lowest BCUT2D eigenvalue weighted by molar-refractivity contribution is -0.147. The first-order valence-corrected chi connectivity index (χ1v) is 21.7. The number of aromatic nitrogens is 2. The van der Waals surface area contributed by atoms with Crippen LogP contribution in [0.25, 0.3) is 10.2 Å². The van der Waals surface area contributed by atoms with Crippen LogP contribution in [0.5, 0.6) is 0 Å². The van der Waals surface area contributed by atoms with Crippen molar-refractivity contribution in [2.75, 3.05) is 63.9 Å². The summed E-state index contributed by atoms with van der Waals surface area (Å²) in [5.41, 5.74) is 0.900. The number of nitrogens with one attached hydrogen (secondary N) is 1. The van der Waals surface area contributed by atoms with Crippen molar-refractivity contribution in [3.8, 4) is 0 Å². The lowest BCUT2D eigenvalue weighted by Gasteiger charge is -2.52. The molecule has 1 spiro atoms. The maximum absolute atomic E-state index is 14.9. The number of amides is 2. The molecule has 5 heterocycles. The van der Waals surface area contributed by atoms with Gasteiger partial charge in [0, 0.05) is 85.6 Å². The number of alkyl halides is 2. The number of anilines is 1. The van der Waals surface area contributed by atoms with E-state index < -0.39 is 40.6 Å². The number of nitrogens with zero attached hydrogens (tertiary/aromatic N) is 5. The highest BCUT2D eigenvalue weighted by Crippen LogP contribution is 2.59. The summed E-state index contributed by atoms with van der Waals surface area (Å²) >= 11 is 3.04. The normalized spacial score (nSPS) is 24.9. The Morgan fingerprint density at radius 1 is 1.07 bits per heavy atom. The van der Waals surface area contributed by atoms with E-state index in [0.29, 0.717) is 63.4 Å². The highest BCUT2D eigenvalue weighted by Gasteiger charge is 2.63. The Kier molecular flexibility index (Phi) is 10.7. The monoisotopic (exact) mass is 802 g/mol. The minimum atomic E-state index is -2.79. The first-order chi connectivity index (χ1) is 26.3. The first-order valence-electron chi connectivity index (χ1n) is 19.9. The van der Waals surface area contributed by atoms with Gasteiger partial charge in [-0.3, -0.25) is 9.59 Å². The fourth-order valence-electron chi connectivity index (χ4n) is 9.93. The van der Waals surface area contributed by atoms with Crippen LogP contribution in [0.15, 0.2) is 29.2 Å². The molecule has 5 aliphatic rings. The zero-order chi connectivity index (χ0) is 38.6. The Hall–Kier alpha value is -2.85. The van der Waals surface area contributed by atoms with Crippen molar-refractivity contribution >= 4 is 50.4 Å². The van der Waals surface area contributed by atoms with E-state index in [9.17, 15) is 27.9 Å². The van der Waals surface area contributed by atoms with Gasteiger partial charge in [0.1, 0.15) is 11.9 Å². The molecular weight excluding hydrogens is 750 g/mol. The van der Waals surface area contributed by atoms with Crippen LogP contribution in [0.4, 0.5) is 18.9 Å². The molecule has 5 fully saturated rings. The van der Waals surface area contributed by atoms with E-state index in [1.807, 2.05) is 33.2 Å². The van der Waals surface area contributed by atoms with E-state index in [2.05, 4.69) is 15.3 Å². The average molecular weight is 803 g/mol. The number of fused-ring (bicyclic) bond motifs is 1. The standard InChI is InChI=1S/C40H53F3N6O4S2/c1-26(53-24-38(23-50)8-4-3-5-9-38)32(36(52)48-13-6-27(7-14-48)35-44-12-15-54-35)46-34(51)29-18-49(31-17-28(41)16-30-33(31)55-25-45-30)21-39(29)19-47(20-39)22-40(10-11-40)37(2,42)43/h12,15-17,25-27,29,32,50H,3-11,13-14,18-24H2,1-2H3,(H,46,51)/t26-,29+,32+/m1/s1. The minimum absolute atomic E-state index is 0.00421. The summed E-state index contributed by atoms with van der Waals surface area (Å²) in [6, 6.07) is 1.92. The molecule has 2 N–H and O–H groups in total. The van der Waals surface area contributed by atoms with Gasteiger partial charge in [-0.25, -0.2) is 23.1 Å². The molecule has 0 unspecified atom stereocenters. The summed E-state index contributed by atoms with van der Waals surface area (Å²) in [6.07, 6.45) is 8.48. The van der Waals surface area contributed by atoms with Crippen molar-refractivity contribution in [1.29, 1.82) is 0 Å². The summed E-state index contributed by atoms with van der Waals surface area (Å²) < 4.78 is 51.6. The van der Waals surface area contributed by atoms with Crippen LogP contribution >= 0.6 is 22.7 Å². The second kappa shape index (κ2) is 15.1. The number of thiazole rings is 2. The molecular formula is C40H53F3N6O4S2. The SMILES string of the molecule is C[C@@H](OCC1(CO)CCCCC1)[C@H](NC(=O)[C@@H]1CN(c2cc(F)cc3ncsc23)CC12CN(CC1(C(C)(F)F)CC1)C2)C(=O)N1CCC(c2nccs2)CC1. The van der Waals surface area contributed by atoms with Crippen LogP contribution in [-0.4, -0.2) is 114 Å². The van der Waals surface area contributed by atoms with Crippen LogP contribution in [0.1, 0.15) is 82.6 Å². The number of rotatable bonds is 13. The van der Waals surface area contributed by atoms with Gasteiger partial charge in [0.15, 0.2) is 0 Å². The van der Waals surface area contributed by atoms with Gasteiger partial charge in [0.2, 0.25) is 11.8 Å². The van der Waals surface area contributed by atoms with E-state index in [0.717, 1.165) is 61.6 Å². The molecule has 1 aromatic carbocycles. The van der Waals surface area contributed by atoms with Crippen molar-refractivity contribution in [3.05, 3.63) is 40.0 Å². The third kappa shape index (κ3) is 7.64. The number of hydrogen-bond acceptors (Lipinski definition) is 10. The van der Waals surface area contributed by atoms with Gasteiger partial charge in [0.25, 0.3) is 5.92 Å². The Morgan fingerprint density at radius 3 is 2.47 bits per heavy atom. The van der Waals surface area contributed by atoms with Gasteiger partial charge in [0.05, 0.1) is 51.7 Å². The predicted molar refractivity (Wildman–Crippen MR) is 207 cm³/mol. The summed E-state index contributed by atoms with van der Waals surface area (Å²) in [4.78, 5) is 44.0. The zero-order valence-corrected chi connectivity index (χ0v) is 33.4. The smallest absolute Gasteiger partial charge is 0.252 e. The fourth-order valence-corrected chi connectivity index (χ4v) is 11.5. The maximum atomic E-state index is 14.9. The molecule has 2 amide bonds. The molecule has 2 aliphatic carbocycles. The molecule has 10 nitrogen and oxygen atoms in total. The van der Waals surface area contributed by atoms with Crippen LogP contribution in [0.2, 0.25) is 0 Å². The fraction of sp³-hybridized carbons (Fsp3) is 0.700. The van der Waals surface area contributed by atoms with E-state index in [-0.39, 0.29) is 42.8 Å². The van der Waals surface area contributed by atoms with Crippen molar-refractivity contribution in [1.82, 2.24) is 25.1 Å². The quantitative estimate of drug-likeness (QED) is 0.207. The van der Waals surface area contributed by atoms with Crippen molar-refractivity contribution in [2.45, 2.75) is 95.6 Å². The van der Waals surface area contributed by atoms with Crippen LogP contribution in [-0.2, 0) is 14.3 Å². The molecule has 55 heavy (non-hydrogen) atoms. The summed E-state index contributed by atoms with van der Waals surface area (Å²) in [5, 5.41) is 16.6. The molecule has 3 saturated heterocycles. The van der Waals surface area contributed by atoms with E-state index in [4.69, 9.17) is 4.74 Å². The Bertz CT molecular complexity index is 1830. The van der Waals surface area contributed by atoms with E-state index in [1.54, 1.807) is 16.8 Å². The molecule has 3 aliphatic heterocycles. The van der Waals surface area contributed by atoms with Gasteiger partial charge in [-0.05, 0) is 58.4 Å². The maximum Gasteiger partial charge on any atom is 0.252 e. The van der Waals surface area contributed by atoms with Crippen LogP contribution in [0, 0.1) is 28.0 Å². The van der Waals surface area contributed by atoms with Crippen molar-refractivity contribution < 1.29 is 32.6 Å². The van der Waals surface area contributed by atoms with Gasteiger partial charge in [-0.2, -0.15) is 0 Å². The zero-order valence-electron chi connectivity index (χ0n) is 31.8. The molecule has 300 valence electrons. The second-order valence-electron chi connectivity index (χ2n) is 17.4. The number of likely N-dealkylation sites (tertiary alicyclic amines) is 2. The van der Waals surface area contributed by atoms with Crippen LogP contribution < -0.4 is 10.2 Å². The highest BCUT2D eigenvalue weighted by molar-refractivity contribution is 7.17. The number of aliphatic hydroxyl groups is 1. The van der Waals surface area contributed by atoms with E-state index >= 15 is 0 Å². The number of hydrogen-bond donors (Lipinski definition) is 2. The molecule has 2 aromatic heterocycles. The number of piperidine rings is 1. The van der Waals surface area contributed by atoms with Gasteiger partial charge < -0.3 is 29.9 Å². The molecule has 3 atom stereocenters. The molecule has 0 radical (unpaired) electrons. The van der Waals surface area contributed by atoms with Gasteiger partial charge >= 0.3 is 0 Å². The Morgan fingerprint density at radius 2 is 1.82 bits per heavy atom. The molecule has 2 saturated carbocycles. The molecule has 8 rings (SSSR count). The number of halogens is 3. The highest BCUT2D eigenvalue weighted by atomic mass is 32.1. The lowest BCUT2D eigenvalue weighted by atomic mass is 9.70. The van der Waals surface area contributed by atoms with Crippen molar-refractivity contribution in [3.63, 3.8) is 0 Å². The number of carbonyl (C=O) groups is 2. The Balaban J connectivity index is 1.04. The Labute approximate surface area is 328 Å². The average Bonchev–Trinajstić information content (AvgIpc) is 3.50. The third-order valence-electron chi connectivity index (χ3n) is 13.6. The topological polar surface area (TPSA) is 111 Å². The number of carbonyl (C=O) groups excluding carboxylic acids is 2. The third-order valence-corrected chi connectivity index (χ3v) is 15.4. The van der Waals surface area contributed by atoms with Crippen molar-refractivity contribution in [2.24, 2.45) is 22.2 Å². The summed E-state index contributed by atoms with van der Waals surface area (Å²) in [5.74, 6) is -4.01. The lowest BCUT2D eigenvalue weighted by Crippen LogP contribution is -2.65.